The molecule has 0 aliphatic heterocycles. The summed E-state index contributed by atoms with van der Waals surface area (Å²) in [6.45, 7) is 3.94. The molecule has 0 aliphatic rings. The maximum atomic E-state index is 12.1. The van der Waals surface area contributed by atoms with Crippen molar-refractivity contribution >= 4 is 17.9 Å². The summed E-state index contributed by atoms with van der Waals surface area (Å²) in [4.78, 5) is 34.5. The first-order valence-electron chi connectivity index (χ1n) is 6.56. The van der Waals surface area contributed by atoms with E-state index in [0.29, 0.717) is 6.54 Å². The third-order valence-electron chi connectivity index (χ3n) is 2.60. The Morgan fingerprint density at radius 1 is 1.24 bits per heavy atom. The molecular weight excluding hydrogens is 274 g/mol. The van der Waals surface area contributed by atoms with Crippen LogP contribution in [-0.2, 0) is 4.74 Å². The van der Waals surface area contributed by atoms with Gasteiger partial charge in [-0.25, -0.2) is 4.79 Å². The van der Waals surface area contributed by atoms with Crippen molar-refractivity contribution in [1.29, 1.82) is 0 Å². The van der Waals surface area contributed by atoms with Crippen LogP contribution in [0.1, 0.15) is 34.6 Å². The Bertz CT molecular complexity index is 531. The molecule has 0 aliphatic carbocycles. The Morgan fingerprint density at radius 2 is 1.86 bits per heavy atom. The topological polar surface area (TPSA) is 111 Å². The Kier molecular flexibility index (Phi) is 6.19. The molecular formula is C14H19N3O4. The molecule has 0 saturated carbocycles. The number of primary amides is 1. The molecule has 0 heterocycles. The summed E-state index contributed by atoms with van der Waals surface area (Å²) < 4.78 is 4.90. The number of benzene rings is 1. The van der Waals surface area contributed by atoms with Crippen LogP contribution in [0.15, 0.2) is 24.3 Å². The summed E-state index contributed by atoms with van der Waals surface area (Å²) in [5.74, 6) is -1.12. The Hall–Kier alpha value is -2.57. The number of amides is 3. The number of carbonyl (C=O) groups excluding carboxylic acids is 3. The number of carbonyl (C=O) groups is 3. The number of ether oxygens (including phenoxy) is 1. The summed E-state index contributed by atoms with van der Waals surface area (Å²) in [5, 5.41) is 5.11. The monoisotopic (exact) mass is 293 g/mol. The SMILES string of the molecule is CCNC(=O)OCC(C)NC(=O)c1ccccc1C(N)=O. The lowest BCUT2D eigenvalue weighted by Crippen LogP contribution is -2.38. The summed E-state index contributed by atoms with van der Waals surface area (Å²) in [6.07, 6.45) is -0.545. The lowest BCUT2D eigenvalue weighted by Gasteiger charge is -2.15. The first-order valence-corrected chi connectivity index (χ1v) is 6.56. The van der Waals surface area contributed by atoms with Gasteiger partial charge in [0.15, 0.2) is 0 Å². The van der Waals surface area contributed by atoms with Gasteiger partial charge in [-0.1, -0.05) is 12.1 Å². The fraction of sp³-hybridized carbons (Fsp3) is 0.357. The van der Waals surface area contributed by atoms with E-state index in [2.05, 4.69) is 10.6 Å². The van der Waals surface area contributed by atoms with E-state index < -0.39 is 23.9 Å². The van der Waals surface area contributed by atoms with Crippen LogP contribution in [0.5, 0.6) is 0 Å². The Balaban J connectivity index is 2.61. The lowest BCUT2D eigenvalue weighted by molar-refractivity contribution is 0.0892. The molecule has 7 heteroatoms. The molecule has 21 heavy (non-hydrogen) atoms. The van der Waals surface area contributed by atoms with E-state index in [9.17, 15) is 14.4 Å². The Labute approximate surface area is 122 Å². The van der Waals surface area contributed by atoms with Crippen molar-refractivity contribution in [2.24, 2.45) is 5.73 Å². The lowest BCUT2D eigenvalue weighted by atomic mass is 10.1. The molecule has 1 aromatic rings. The second kappa shape index (κ2) is 7.88. The number of rotatable bonds is 6. The summed E-state index contributed by atoms with van der Waals surface area (Å²) in [5.41, 5.74) is 5.55. The standard InChI is InChI=1S/C14H19N3O4/c1-3-16-14(20)21-8-9(2)17-13(19)11-7-5-4-6-10(11)12(15)18/h4-7,9H,3,8H2,1-2H3,(H2,15,18)(H,16,20)(H,17,19). The maximum Gasteiger partial charge on any atom is 0.407 e. The van der Waals surface area contributed by atoms with Crippen LogP contribution in [0.3, 0.4) is 0 Å². The first kappa shape index (κ1) is 16.5. The van der Waals surface area contributed by atoms with Gasteiger partial charge in [0.2, 0.25) is 5.91 Å². The van der Waals surface area contributed by atoms with Gasteiger partial charge in [-0.05, 0) is 26.0 Å². The van der Waals surface area contributed by atoms with Gasteiger partial charge in [0.05, 0.1) is 17.2 Å². The number of alkyl carbamates (subject to hydrolysis) is 1. The second-order valence-corrected chi connectivity index (χ2v) is 4.41. The van der Waals surface area contributed by atoms with Gasteiger partial charge in [-0.2, -0.15) is 0 Å². The van der Waals surface area contributed by atoms with Crippen LogP contribution in [-0.4, -0.2) is 37.1 Å². The van der Waals surface area contributed by atoms with E-state index in [-0.39, 0.29) is 17.7 Å². The van der Waals surface area contributed by atoms with Crippen LogP contribution in [0, 0.1) is 0 Å². The fourth-order valence-electron chi connectivity index (χ4n) is 1.64. The highest BCUT2D eigenvalue weighted by Crippen LogP contribution is 2.08. The molecule has 1 atom stereocenters. The molecule has 0 fully saturated rings. The largest absolute Gasteiger partial charge is 0.447 e. The highest BCUT2D eigenvalue weighted by atomic mass is 16.5. The van der Waals surface area contributed by atoms with Crippen LogP contribution >= 0.6 is 0 Å². The highest BCUT2D eigenvalue weighted by molar-refractivity contribution is 6.06. The van der Waals surface area contributed by atoms with Crippen molar-refractivity contribution in [3.05, 3.63) is 35.4 Å². The number of nitrogens with two attached hydrogens (primary N) is 1. The second-order valence-electron chi connectivity index (χ2n) is 4.41. The van der Waals surface area contributed by atoms with E-state index in [1.807, 2.05) is 0 Å². The molecule has 1 aromatic carbocycles. The van der Waals surface area contributed by atoms with E-state index >= 15 is 0 Å². The zero-order valence-corrected chi connectivity index (χ0v) is 12.0. The zero-order chi connectivity index (χ0) is 15.8. The fourth-order valence-corrected chi connectivity index (χ4v) is 1.64. The third-order valence-corrected chi connectivity index (χ3v) is 2.60. The van der Waals surface area contributed by atoms with Crippen molar-refractivity contribution in [2.75, 3.05) is 13.2 Å². The molecule has 0 bridgehead atoms. The smallest absolute Gasteiger partial charge is 0.407 e. The molecule has 0 aromatic heterocycles. The van der Waals surface area contributed by atoms with Crippen molar-refractivity contribution in [1.82, 2.24) is 10.6 Å². The van der Waals surface area contributed by atoms with Gasteiger partial charge in [-0.15, -0.1) is 0 Å². The van der Waals surface area contributed by atoms with Crippen LogP contribution in [0.25, 0.3) is 0 Å². The number of hydrogen-bond donors (Lipinski definition) is 3. The van der Waals surface area contributed by atoms with Gasteiger partial charge in [-0.3, -0.25) is 9.59 Å². The minimum absolute atomic E-state index is 0.0241. The molecule has 0 spiro atoms. The van der Waals surface area contributed by atoms with Crippen molar-refractivity contribution in [2.45, 2.75) is 19.9 Å². The van der Waals surface area contributed by atoms with Gasteiger partial charge < -0.3 is 21.1 Å². The zero-order valence-electron chi connectivity index (χ0n) is 12.0. The Morgan fingerprint density at radius 3 is 2.43 bits per heavy atom. The van der Waals surface area contributed by atoms with E-state index in [0.717, 1.165) is 0 Å². The van der Waals surface area contributed by atoms with E-state index in [1.165, 1.54) is 12.1 Å². The van der Waals surface area contributed by atoms with Crippen LogP contribution < -0.4 is 16.4 Å². The van der Waals surface area contributed by atoms with Crippen molar-refractivity contribution < 1.29 is 19.1 Å². The van der Waals surface area contributed by atoms with Crippen LogP contribution in [0.4, 0.5) is 4.79 Å². The van der Waals surface area contributed by atoms with Crippen molar-refractivity contribution in [3.8, 4) is 0 Å². The molecule has 7 nitrogen and oxygen atoms in total. The molecule has 0 radical (unpaired) electrons. The summed E-state index contributed by atoms with van der Waals surface area (Å²) in [7, 11) is 0. The molecule has 1 unspecified atom stereocenters. The van der Waals surface area contributed by atoms with Crippen LogP contribution in [0.2, 0.25) is 0 Å². The predicted molar refractivity (Wildman–Crippen MR) is 76.9 cm³/mol. The normalized spacial score (nSPS) is 11.3. The number of hydrogen-bond acceptors (Lipinski definition) is 4. The highest BCUT2D eigenvalue weighted by Gasteiger charge is 2.16. The summed E-state index contributed by atoms with van der Waals surface area (Å²) >= 11 is 0. The number of nitrogens with one attached hydrogen (secondary N) is 2. The molecule has 3 amide bonds. The molecule has 0 saturated heterocycles. The molecule has 114 valence electrons. The molecule has 4 N–H and O–H groups in total. The summed E-state index contributed by atoms with van der Waals surface area (Å²) in [6, 6.07) is 5.84. The van der Waals surface area contributed by atoms with E-state index in [4.69, 9.17) is 10.5 Å². The first-order chi connectivity index (χ1) is 9.95. The molecule has 1 rings (SSSR count). The third kappa shape index (κ3) is 5.13. The van der Waals surface area contributed by atoms with Gasteiger partial charge in [0, 0.05) is 6.54 Å². The maximum absolute atomic E-state index is 12.1. The van der Waals surface area contributed by atoms with Gasteiger partial charge >= 0.3 is 6.09 Å². The van der Waals surface area contributed by atoms with Gasteiger partial charge in [0.1, 0.15) is 6.61 Å². The minimum atomic E-state index is -0.674. The van der Waals surface area contributed by atoms with E-state index in [1.54, 1.807) is 26.0 Å². The average Bonchev–Trinajstić information content (AvgIpc) is 2.45. The quantitative estimate of drug-likeness (QED) is 0.715. The van der Waals surface area contributed by atoms with Gasteiger partial charge in [0.25, 0.3) is 5.91 Å². The van der Waals surface area contributed by atoms with Crippen molar-refractivity contribution in [3.63, 3.8) is 0 Å². The predicted octanol–water partition coefficient (Wildman–Crippen LogP) is 0.650. The average molecular weight is 293 g/mol. The minimum Gasteiger partial charge on any atom is -0.447 e.